The van der Waals surface area contributed by atoms with Crippen LogP contribution in [-0.4, -0.2) is 24.0 Å². The molecule has 0 radical (unpaired) electrons. The number of esters is 1. The summed E-state index contributed by atoms with van der Waals surface area (Å²) < 4.78 is 4.49. The number of nitrogens with zero attached hydrogens (tertiary/aromatic N) is 1. The lowest BCUT2D eigenvalue weighted by Crippen LogP contribution is -2.16. The smallest absolute Gasteiger partial charge is 0.378 e. The van der Waals surface area contributed by atoms with Crippen LogP contribution in [0.2, 0.25) is 0 Å². The molecule has 0 saturated carbocycles. The second-order valence-corrected chi connectivity index (χ2v) is 2.05. The van der Waals surface area contributed by atoms with E-state index in [0.717, 1.165) is 6.42 Å². The van der Waals surface area contributed by atoms with Gasteiger partial charge in [-0.3, -0.25) is 10.1 Å². The number of nitro groups is 1. The van der Waals surface area contributed by atoms with Gasteiger partial charge in [-0.15, -0.1) is 0 Å². The number of carbonyl (C=O) groups excluding carboxylic acids is 1. The summed E-state index contributed by atoms with van der Waals surface area (Å²) in [5.41, 5.74) is 0. The van der Waals surface area contributed by atoms with Crippen LogP contribution < -0.4 is 0 Å². The predicted molar refractivity (Wildman–Crippen MR) is 42.3 cm³/mol. The maximum Gasteiger partial charge on any atom is 0.378 e. The standard InChI is InChI=1S/C7H11NO4/c1-2-3-4-5-12-7(9)6-8(10)11/h3-4H,2,5-6H2,1H3/b4-3+. The predicted octanol–water partition coefficient (Wildman–Crippen LogP) is 0.772. The van der Waals surface area contributed by atoms with Crippen LogP contribution in [0, 0.1) is 10.1 Å². The highest BCUT2D eigenvalue weighted by molar-refractivity contribution is 5.70. The van der Waals surface area contributed by atoms with Crippen LogP contribution in [0.1, 0.15) is 13.3 Å². The average Bonchev–Trinajstić information content (AvgIpc) is 1.97. The van der Waals surface area contributed by atoms with E-state index >= 15 is 0 Å². The van der Waals surface area contributed by atoms with Crippen molar-refractivity contribution >= 4 is 5.97 Å². The van der Waals surface area contributed by atoms with Crippen LogP contribution >= 0.6 is 0 Å². The molecule has 0 spiro atoms. The van der Waals surface area contributed by atoms with Crippen LogP contribution in [0.15, 0.2) is 12.2 Å². The van der Waals surface area contributed by atoms with E-state index < -0.39 is 17.4 Å². The Hall–Kier alpha value is -1.39. The van der Waals surface area contributed by atoms with Crippen molar-refractivity contribution in [3.63, 3.8) is 0 Å². The molecule has 0 aromatic heterocycles. The van der Waals surface area contributed by atoms with Crippen LogP contribution in [0.25, 0.3) is 0 Å². The molecule has 12 heavy (non-hydrogen) atoms. The minimum Gasteiger partial charge on any atom is -0.457 e. The Morgan fingerprint density at radius 3 is 2.75 bits per heavy atom. The Kier molecular flexibility index (Phi) is 5.60. The maximum absolute atomic E-state index is 10.5. The molecule has 0 aromatic rings. The number of allylic oxidation sites excluding steroid dienone is 1. The zero-order chi connectivity index (χ0) is 9.40. The molecule has 0 bridgehead atoms. The zero-order valence-corrected chi connectivity index (χ0v) is 6.86. The summed E-state index contributed by atoms with van der Waals surface area (Å²) >= 11 is 0. The van der Waals surface area contributed by atoms with Gasteiger partial charge in [0, 0.05) is 4.92 Å². The van der Waals surface area contributed by atoms with E-state index in [1.807, 2.05) is 13.0 Å². The quantitative estimate of drug-likeness (QED) is 0.266. The summed E-state index contributed by atoms with van der Waals surface area (Å²) in [6.07, 6.45) is 4.32. The van der Waals surface area contributed by atoms with Crippen LogP contribution in [0.3, 0.4) is 0 Å². The summed E-state index contributed by atoms with van der Waals surface area (Å²) in [4.78, 5) is 19.6. The Labute approximate surface area is 70.2 Å². The van der Waals surface area contributed by atoms with Crippen LogP contribution in [-0.2, 0) is 9.53 Å². The van der Waals surface area contributed by atoms with E-state index in [1.165, 1.54) is 0 Å². The molecule has 0 amide bonds. The molecule has 0 aliphatic carbocycles. The maximum atomic E-state index is 10.5. The van der Waals surface area contributed by atoms with Gasteiger partial charge in [-0.25, -0.2) is 4.79 Å². The first-order valence-electron chi connectivity index (χ1n) is 3.59. The summed E-state index contributed by atoms with van der Waals surface area (Å²) in [6, 6.07) is 0. The van der Waals surface area contributed by atoms with Crippen molar-refractivity contribution in [2.24, 2.45) is 0 Å². The van der Waals surface area contributed by atoms with Crippen LogP contribution in [0.5, 0.6) is 0 Å². The molecule has 0 N–H and O–H groups in total. The summed E-state index contributed by atoms with van der Waals surface area (Å²) in [5, 5.41) is 9.79. The summed E-state index contributed by atoms with van der Waals surface area (Å²) in [6.45, 7) is 1.29. The zero-order valence-electron chi connectivity index (χ0n) is 6.86. The number of carbonyl (C=O) groups is 1. The Balaban J connectivity index is 3.44. The van der Waals surface area contributed by atoms with Gasteiger partial charge in [0.15, 0.2) is 0 Å². The molecule has 0 heterocycles. The molecule has 0 fully saturated rings. The van der Waals surface area contributed by atoms with Crippen molar-refractivity contribution in [1.29, 1.82) is 0 Å². The van der Waals surface area contributed by atoms with Crippen molar-refractivity contribution in [2.75, 3.05) is 13.2 Å². The molecule has 5 heteroatoms. The average molecular weight is 173 g/mol. The molecule has 0 atom stereocenters. The molecule has 0 aliphatic heterocycles. The van der Waals surface area contributed by atoms with Crippen LogP contribution in [0.4, 0.5) is 0 Å². The van der Waals surface area contributed by atoms with Gasteiger partial charge in [0.05, 0.1) is 0 Å². The normalized spacial score (nSPS) is 10.1. The van der Waals surface area contributed by atoms with E-state index in [1.54, 1.807) is 6.08 Å². The number of hydrogen-bond donors (Lipinski definition) is 0. The lowest BCUT2D eigenvalue weighted by atomic mass is 10.4. The summed E-state index contributed by atoms with van der Waals surface area (Å²) in [7, 11) is 0. The highest BCUT2D eigenvalue weighted by Gasteiger charge is 2.08. The number of ether oxygens (including phenoxy) is 1. The van der Waals surface area contributed by atoms with Gasteiger partial charge in [0.1, 0.15) is 6.61 Å². The molecule has 0 aliphatic rings. The minimum absolute atomic E-state index is 0.112. The third-order valence-corrected chi connectivity index (χ3v) is 1.00. The molecule has 68 valence electrons. The first-order valence-corrected chi connectivity index (χ1v) is 3.59. The lowest BCUT2D eigenvalue weighted by molar-refractivity contribution is -0.470. The number of rotatable bonds is 5. The fraction of sp³-hybridized carbons (Fsp3) is 0.571. The topological polar surface area (TPSA) is 69.4 Å². The molecular weight excluding hydrogens is 162 g/mol. The van der Waals surface area contributed by atoms with Gasteiger partial charge in [-0.1, -0.05) is 19.1 Å². The SMILES string of the molecule is CC/C=C/COC(=O)C[N+](=O)[O-]. The Bertz CT molecular complexity index is 188. The molecule has 5 nitrogen and oxygen atoms in total. The van der Waals surface area contributed by atoms with Gasteiger partial charge >= 0.3 is 5.97 Å². The first kappa shape index (κ1) is 10.6. The Morgan fingerprint density at radius 1 is 1.58 bits per heavy atom. The second kappa shape index (κ2) is 6.33. The van der Waals surface area contributed by atoms with E-state index in [0.29, 0.717) is 0 Å². The van der Waals surface area contributed by atoms with Gasteiger partial charge in [0.2, 0.25) is 0 Å². The molecule has 0 rings (SSSR count). The molecule has 0 saturated heterocycles. The van der Waals surface area contributed by atoms with Crippen molar-refractivity contribution in [1.82, 2.24) is 0 Å². The highest BCUT2D eigenvalue weighted by atomic mass is 16.6. The van der Waals surface area contributed by atoms with Gasteiger partial charge < -0.3 is 4.74 Å². The summed E-state index contributed by atoms with van der Waals surface area (Å²) in [5.74, 6) is -0.805. The fourth-order valence-corrected chi connectivity index (χ4v) is 0.527. The molecule has 0 unspecified atom stereocenters. The minimum atomic E-state index is -0.805. The van der Waals surface area contributed by atoms with E-state index in [4.69, 9.17) is 0 Å². The van der Waals surface area contributed by atoms with Crippen molar-refractivity contribution in [3.8, 4) is 0 Å². The van der Waals surface area contributed by atoms with Crippen molar-refractivity contribution < 1.29 is 14.5 Å². The largest absolute Gasteiger partial charge is 0.457 e. The van der Waals surface area contributed by atoms with E-state index in [2.05, 4.69) is 4.74 Å². The third-order valence-electron chi connectivity index (χ3n) is 1.00. The first-order chi connectivity index (χ1) is 5.66. The van der Waals surface area contributed by atoms with Crippen molar-refractivity contribution in [2.45, 2.75) is 13.3 Å². The van der Waals surface area contributed by atoms with Crippen molar-refractivity contribution in [3.05, 3.63) is 22.3 Å². The third kappa shape index (κ3) is 6.73. The second-order valence-electron chi connectivity index (χ2n) is 2.05. The lowest BCUT2D eigenvalue weighted by Gasteiger charge is -1.95. The number of hydrogen-bond acceptors (Lipinski definition) is 4. The fourth-order valence-electron chi connectivity index (χ4n) is 0.527. The Morgan fingerprint density at radius 2 is 2.25 bits per heavy atom. The van der Waals surface area contributed by atoms with E-state index in [9.17, 15) is 14.9 Å². The monoisotopic (exact) mass is 173 g/mol. The van der Waals surface area contributed by atoms with Gasteiger partial charge in [-0.2, -0.15) is 0 Å². The highest BCUT2D eigenvalue weighted by Crippen LogP contribution is 1.83. The molecule has 0 aromatic carbocycles. The van der Waals surface area contributed by atoms with E-state index in [-0.39, 0.29) is 6.61 Å². The van der Waals surface area contributed by atoms with Gasteiger partial charge in [0.25, 0.3) is 6.54 Å². The van der Waals surface area contributed by atoms with Gasteiger partial charge in [-0.05, 0) is 6.42 Å². The molecular formula is C7H11NO4.